The topological polar surface area (TPSA) is 49.6 Å². The lowest BCUT2D eigenvalue weighted by atomic mass is 10.2. The van der Waals surface area contributed by atoms with E-state index in [0.717, 1.165) is 35.7 Å². The number of nitrogens with one attached hydrogen (secondary N) is 2. The number of aliphatic imine (C=N–C) groups is 1. The van der Waals surface area contributed by atoms with Gasteiger partial charge in [0.15, 0.2) is 5.96 Å². The van der Waals surface area contributed by atoms with E-state index in [9.17, 15) is 0 Å². The average molecular weight is 231 g/mol. The summed E-state index contributed by atoms with van der Waals surface area (Å²) in [5, 5.41) is 7.32. The van der Waals surface area contributed by atoms with Gasteiger partial charge in [-0.15, -0.1) is 0 Å². The van der Waals surface area contributed by atoms with Crippen LogP contribution in [0.5, 0.6) is 0 Å². The van der Waals surface area contributed by atoms with Crippen LogP contribution in [0.15, 0.2) is 39.7 Å². The molecule has 0 radical (unpaired) electrons. The summed E-state index contributed by atoms with van der Waals surface area (Å²) < 4.78 is 5.72. The predicted octanol–water partition coefficient (Wildman–Crippen LogP) is 1.77. The standard InChI is InChI=1S/C13H17N3O/c1-14-13(15-2)16-8-7-11-9-10-5-3-4-6-12(10)17-11/h3-6,9H,7-8H2,1-2H3,(H2,14,15,16). The number of hydrogen-bond acceptors (Lipinski definition) is 2. The van der Waals surface area contributed by atoms with Crippen molar-refractivity contribution >= 4 is 16.9 Å². The first-order chi connectivity index (χ1) is 8.33. The maximum Gasteiger partial charge on any atom is 0.190 e. The molecule has 0 unspecified atom stereocenters. The molecule has 1 aromatic heterocycles. The van der Waals surface area contributed by atoms with Crippen molar-refractivity contribution in [2.75, 3.05) is 20.6 Å². The van der Waals surface area contributed by atoms with Gasteiger partial charge in [0.2, 0.25) is 0 Å². The highest BCUT2D eigenvalue weighted by Crippen LogP contribution is 2.18. The molecule has 2 N–H and O–H groups in total. The van der Waals surface area contributed by atoms with Crippen LogP contribution in [0.1, 0.15) is 5.76 Å². The molecule has 0 aliphatic carbocycles. The molecule has 0 aliphatic rings. The summed E-state index contributed by atoms with van der Waals surface area (Å²) in [6.07, 6.45) is 0.843. The first-order valence-electron chi connectivity index (χ1n) is 5.69. The highest BCUT2D eigenvalue weighted by molar-refractivity contribution is 5.79. The summed E-state index contributed by atoms with van der Waals surface area (Å²) in [5.74, 6) is 1.78. The molecule has 2 aromatic rings. The van der Waals surface area contributed by atoms with Crippen molar-refractivity contribution in [3.63, 3.8) is 0 Å². The summed E-state index contributed by atoms with van der Waals surface area (Å²) in [6.45, 7) is 0.799. The second kappa shape index (κ2) is 5.39. The van der Waals surface area contributed by atoms with Gasteiger partial charge in [-0.05, 0) is 12.1 Å². The molecule has 90 valence electrons. The van der Waals surface area contributed by atoms with E-state index in [0.29, 0.717) is 0 Å². The Morgan fingerprint density at radius 1 is 1.35 bits per heavy atom. The van der Waals surface area contributed by atoms with Gasteiger partial charge < -0.3 is 15.1 Å². The molecule has 0 saturated carbocycles. The summed E-state index contributed by atoms with van der Waals surface area (Å²) >= 11 is 0. The molecule has 17 heavy (non-hydrogen) atoms. The van der Waals surface area contributed by atoms with E-state index in [1.54, 1.807) is 7.05 Å². The molecule has 1 heterocycles. The molecule has 0 amide bonds. The van der Waals surface area contributed by atoms with Gasteiger partial charge in [0.05, 0.1) is 0 Å². The van der Waals surface area contributed by atoms with Crippen LogP contribution in [0.2, 0.25) is 0 Å². The van der Waals surface area contributed by atoms with E-state index in [1.807, 2.05) is 25.2 Å². The minimum Gasteiger partial charge on any atom is -0.461 e. The van der Waals surface area contributed by atoms with E-state index in [2.05, 4.69) is 27.8 Å². The zero-order chi connectivity index (χ0) is 12.1. The lowest BCUT2D eigenvalue weighted by Gasteiger charge is -2.06. The van der Waals surface area contributed by atoms with E-state index < -0.39 is 0 Å². The Kier molecular flexibility index (Phi) is 3.65. The van der Waals surface area contributed by atoms with Crippen LogP contribution in [0, 0.1) is 0 Å². The predicted molar refractivity (Wildman–Crippen MR) is 70.3 cm³/mol. The third-order valence-electron chi connectivity index (χ3n) is 2.60. The number of furan rings is 1. The fraction of sp³-hybridized carbons (Fsp3) is 0.308. The Hall–Kier alpha value is -1.97. The number of guanidine groups is 1. The molecule has 4 heteroatoms. The maximum absolute atomic E-state index is 5.72. The molecule has 0 atom stereocenters. The summed E-state index contributed by atoms with van der Waals surface area (Å²) in [7, 11) is 3.59. The molecule has 0 bridgehead atoms. The summed E-state index contributed by atoms with van der Waals surface area (Å²) in [6, 6.07) is 10.1. The number of rotatable bonds is 3. The SMILES string of the molecule is CN=C(NC)NCCc1cc2ccccc2o1. The summed E-state index contributed by atoms with van der Waals surface area (Å²) in [5.41, 5.74) is 0.945. The zero-order valence-corrected chi connectivity index (χ0v) is 10.2. The zero-order valence-electron chi connectivity index (χ0n) is 10.2. The molecule has 2 rings (SSSR count). The molecule has 0 spiro atoms. The quantitative estimate of drug-likeness (QED) is 0.625. The number of para-hydroxylation sites is 1. The summed E-state index contributed by atoms with van der Waals surface area (Å²) in [4.78, 5) is 4.04. The number of nitrogens with zero attached hydrogens (tertiary/aromatic N) is 1. The van der Waals surface area contributed by atoms with E-state index in [-0.39, 0.29) is 0 Å². The van der Waals surface area contributed by atoms with Crippen LogP contribution in [0.25, 0.3) is 11.0 Å². The van der Waals surface area contributed by atoms with E-state index in [4.69, 9.17) is 4.42 Å². The Labute approximate surface area is 101 Å². The van der Waals surface area contributed by atoms with Gasteiger partial charge in [0.25, 0.3) is 0 Å². The minimum absolute atomic E-state index is 0.793. The molecular weight excluding hydrogens is 214 g/mol. The second-order valence-electron chi connectivity index (χ2n) is 3.75. The smallest absolute Gasteiger partial charge is 0.190 e. The second-order valence-corrected chi connectivity index (χ2v) is 3.75. The molecule has 1 aromatic carbocycles. The largest absolute Gasteiger partial charge is 0.461 e. The highest BCUT2D eigenvalue weighted by Gasteiger charge is 2.02. The van der Waals surface area contributed by atoms with Gasteiger partial charge in [0, 0.05) is 32.4 Å². The normalized spacial score (nSPS) is 11.8. The number of benzene rings is 1. The van der Waals surface area contributed by atoms with Gasteiger partial charge in [-0.25, -0.2) is 0 Å². The van der Waals surface area contributed by atoms with Crippen molar-refractivity contribution in [3.8, 4) is 0 Å². The van der Waals surface area contributed by atoms with Crippen molar-refractivity contribution < 1.29 is 4.42 Å². The lowest BCUT2D eigenvalue weighted by Crippen LogP contribution is -2.35. The Balaban J connectivity index is 1.95. The van der Waals surface area contributed by atoms with Crippen molar-refractivity contribution in [1.29, 1.82) is 0 Å². The Morgan fingerprint density at radius 3 is 2.88 bits per heavy atom. The minimum atomic E-state index is 0.793. The van der Waals surface area contributed by atoms with Crippen molar-refractivity contribution in [3.05, 3.63) is 36.1 Å². The first-order valence-corrected chi connectivity index (χ1v) is 5.69. The number of hydrogen-bond donors (Lipinski definition) is 2. The van der Waals surface area contributed by atoms with Gasteiger partial charge in [-0.1, -0.05) is 18.2 Å². The fourth-order valence-corrected chi connectivity index (χ4v) is 1.74. The highest BCUT2D eigenvalue weighted by atomic mass is 16.3. The van der Waals surface area contributed by atoms with Crippen molar-refractivity contribution in [2.24, 2.45) is 4.99 Å². The average Bonchev–Trinajstić information content (AvgIpc) is 2.77. The molecule has 0 saturated heterocycles. The Morgan fingerprint density at radius 2 is 2.18 bits per heavy atom. The monoisotopic (exact) mass is 231 g/mol. The Bertz CT molecular complexity index is 483. The third kappa shape index (κ3) is 2.78. The third-order valence-corrected chi connectivity index (χ3v) is 2.60. The van der Waals surface area contributed by atoms with Crippen LogP contribution < -0.4 is 10.6 Å². The van der Waals surface area contributed by atoms with Gasteiger partial charge in [-0.3, -0.25) is 4.99 Å². The fourth-order valence-electron chi connectivity index (χ4n) is 1.74. The van der Waals surface area contributed by atoms with Crippen LogP contribution in [0.4, 0.5) is 0 Å². The number of fused-ring (bicyclic) bond motifs is 1. The molecule has 0 aliphatic heterocycles. The van der Waals surface area contributed by atoms with Crippen LogP contribution in [-0.2, 0) is 6.42 Å². The van der Waals surface area contributed by atoms with E-state index >= 15 is 0 Å². The van der Waals surface area contributed by atoms with E-state index in [1.165, 1.54) is 0 Å². The van der Waals surface area contributed by atoms with Crippen molar-refractivity contribution in [2.45, 2.75) is 6.42 Å². The van der Waals surface area contributed by atoms with Crippen LogP contribution in [0.3, 0.4) is 0 Å². The lowest BCUT2D eigenvalue weighted by molar-refractivity contribution is 0.545. The van der Waals surface area contributed by atoms with Gasteiger partial charge in [0.1, 0.15) is 11.3 Å². The first kappa shape index (κ1) is 11.5. The van der Waals surface area contributed by atoms with Crippen LogP contribution in [-0.4, -0.2) is 26.6 Å². The molecule has 4 nitrogen and oxygen atoms in total. The maximum atomic E-state index is 5.72. The van der Waals surface area contributed by atoms with Crippen LogP contribution >= 0.6 is 0 Å². The van der Waals surface area contributed by atoms with Gasteiger partial charge >= 0.3 is 0 Å². The van der Waals surface area contributed by atoms with Gasteiger partial charge in [-0.2, -0.15) is 0 Å². The molecule has 0 fully saturated rings. The molecular formula is C13H17N3O. The van der Waals surface area contributed by atoms with Crippen molar-refractivity contribution in [1.82, 2.24) is 10.6 Å².